The lowest BCUT2D eigenvalue weighted by Gasteiger charge is -2.16. The van der Waals surface area contributed by atoms with E-state index in [-0.39, 0.29) is 22.8 Å². The summed E-state index contributed by atoms with van der Waals surface area (Å²) in [6.45, 7) is 4.19. The number of halogens is 2. The van der Waals surface area contributed by atoms with Crippen LogP contribution in [0.4, 0.5) is 8.78 Å². The van der Waals surface area contributed by atoms with Crippen LogP contribution >= 0.6 is 11.8 Å². The van der Waals surface area contributed by atoms with E-state index in [0.29, 0.717) is 22.6 Å². The van der Waals surface area contributed by atoms with E-state index in [9.17, 15) is 18.4 Å². The molecule has 0 saturated carbocycles. The first-order valence-corrected chi connectivity index (χ1v) is 10.8. The molecule has 2 aromatic carbocycles. The van der Waals surface area contributed by atoms with E-state index in [1.807, 2.05) is 13.0 Å². The molecule has 1 unspecified atom stereocenters. The predicted molar refractivity (Wildman–Crippen MR) is 115 cm³/mol. The zero-order valence-electron chi connectivity index (χ0n) is 16.8. The van der Waals surface area contributed by atoms with E-state index in [2.05, 4.69) is 10.3 Å². The zero-order chi connectivity index (χ0) is 21.7. The highest BCUT2D eigenvalue weighted by atomic mass is 32.2. The Morgan fingerprint density at radius 2 is 2.00 bits per heavy atom. The molecule has 30 heavy (non-hydrogen) atoms. The van der Waals surface area contributed by atoms with Crippen LogP contribution in [0.5, 0.6) is 0 Å². The minimum Gasteiger partial charge on any atom is -0.349 e. The molecule has 1 aromatic heterocycles. The summed E-state index contributed by atoms with van der Waals surface area (Å²) in [4.78, 5) is 29.8. The van der Waals surface area contributed by atoms with Crippen LogP contribution in [0.25, 0.3) is 10.9 Å². The molecule has 1 N–H and O–H groups in total. The van der Waals surface area contributed by atoms with Gasteiger partial charge in [-0.1, -0.05) is 43.3 Å². The molecule has 0 spiro atoms. The number of hydrogen-bond acceptors (Lipinski definition) is 4. The number of rotatable bonds is 8. The Labute approximate surface area is 177 Å². The lowest BCUT2D eigenvalue weighted by Crippen LogP contribution is -2.29. The summed E-state index contributed by atoms with van der Waals surface area (Å²) in [5.74, 6) is -1.69. The molecule has 0 radical (unpaired) electrons. The summed E-state index contributed by atoms with van der Waals surface area (Å²) in [7, 11) is 0. The van der Waals surface area contributed by atoms with E-state index >= 15 is 0 Å². The van der Waals surface area contributed by atoms with Crippen LogP contribution < -0.4 is 10.9 Å². The first-order valence-electron chi connectivity index (χ1n) is 9.77. The van der Waals surface area contributed by atoms with Gasteiger partial charge in [0.15, 0.2) is 5.16 Å². The topological polar surface area (TPSA) is 64.0 Å². The Bertz CT molecular complexity index is 1120. The van der Waals surface area contributed by atoms with E-state index in [4.69, 9.17) is 0 Å². The maximum absolute atomic E-state index is 13.9. The number of thioether (sulfide) groups is 1. The molecule has 5 nitrogen and oxygen atoms in total. The third-order valence-corrected chi connectivity index (χ3v) is 5.68. The van der Waals surface area contributed by atoms with E-state index < -0.39 is 17.7 Å². The average molecular weight is 432 g/mol. The Hall–Kier alpha value is -2.74. The maximum Gasteiger partial charge on any atom is 0.262 e. The zero-order valence-corrected chi connectivity index (χ0v) is 17.6. The number of carbonyl (C=O) groups is 1. The molecular formula is C22H23F2N3O2S. The fourth-order valence-electron chi connectivity index (χ4n) is 3.11. The van der Waals surface area contributed by atoms with Gasteiger partial charge in [-0.2, -0.15) is 0 Å². The monoisotopic (exact) mass is 431 g/mol. The van der Waals surface area contributed by atoms with Crippen molar-refractivity contribution < 1.29 is 13.6 Å². The molecule has 0 aliphatic rings. The summed E-state index contributed by atoms with van der Waals surface area (Å²) in [5, 5.41) is 3.72. The molecule has 1 heterocycles. The number of fused-ring (bicyclic) bond motifs is 1. The molecule has 0 bridgehead atoms. The quantitative estimate of drug-likeness (QED) is 0.423. The average Bonchev–Trinajstić information content (AvgIpc) is 2.71. The number of carbonyl (C=O) groups excluding carboxylic acids is 1. The summed E-state index contributed by atoms with van der Waals surface area (Å²) in [6.07, 6.45) is 1.74. The van der Waals surface area contributed by atoms with Crippen molar-refractivity contribution in [1.82, 2.24) is 14.9 Å². The molecule has 0 saturated heterocycles. The summed E-state index contributed by atoms with van der Waals surface area (Å²) < 4.78 is 28.6. The SMILES string of the molecule is CCCCn1c(SCC(=O)NC(C)c2ccc(F)cc2F)nc2ccccc2c1=O. The Morgan fingerprint density at radius 3 is 2.73 bits per heavy atom. The molecule has 8 heteroatoms. The van der Waals surface area contributed by atoms with Gasteiger partial charge in [-0.05, 0) is 31.5 Å². The number of nitrogens with zero attached hydrogens (tertiary/aromatic N) is 2. The number of benzene rings is 2. The van der Waals surface area contributed by atoms with Gasteiger partial charge in [0.1, 0.15) is 11.6 Å². The van der Waals surface area contributed by atoms with Crippen LogP contribution in [-0.4, -0.2) is 21.2 Å². The number of nitrogens with one attached hydrogen (secondary N) is 1. The molecule has 3 aromatic rings. The summed E-state index contributed by atoms with van der Waals surface area (Å²) in [6, 6.07) is 9.76. The largest absolute Gasteiger partial charge is 0.349 e. The minimum absolute atomic E-state index is 0.0179. The van der Waals surface area contributed by atoms with Crippen LogP contribution in [-0.2, 0) is 11.3 Å². The van der Waals surface area contributed by atoms with Gasteiger partial charge in [0.25, 0.3) is 5.56 Å². The van der Waals surface area contributed by atoms with Crippen molar-refractivity contribution >= 4 is 28.6 Å². The van der Waals surface area contributed by atoms with Gasteiger partial charge in [-0.15, -0.1) is 0 Å². The van der Waals surface area contributed by atoms with Crippen molar-refractivity contribution in [3.05, 3.63) is 70.0 Å². The van der Waals surface area contributed by atoms with Gasteiger partial charge >= 0.3 is 0 Å². The van der Waals surface area contributed by atoms with Gasteiger partial charge in [0.05, 0.1) is 22.7 Å². The maximum atomic E-state index is 13.9. The van der Waals surface area contributed by atoms with Crippen LogP contribution in [0.1, 0.15) is 38.3 Å². The van der Waals surface area contributed by atoms with Gasteiger partial charge in [0.2, 0.25) is 5.91 Å². The van der Waals surface area contributed by atoms with Crippen molar-refractivity contribution in [3.8, 4) is 0 Å². The first kappa shape index (κ1) is 22.0. The lowest BCUT2D eigenvalue weighted by atomic mass is 10.1. The molecule has 3 rings (SSSR count). The predicted octanol–water partition coefficient (Wildman–Crippen LogP) is 4.44. The minimum atomic E-state index is -0.708. The van der Waals surface area contributed by atoms with Crippen molar-refractivity contribution in [2.45, 2.75) is 44.4 Å². The van der Waals surface area contributed by atoms with Gasteiger partial charge in [0, 0.05) is 18.2 Å². The highest BCUT2D eigenvalue weighted by Gasteiger charge is 2.16. The number of unbranched alkanes of at least 4 members (excludes halogenated alkanes) is 1. The highest BCUT2D eigenvalue weighted by Crippen LogP contribution is 2.20. The molecular weight excluding hydrogens is 408 g/mol. The molecule has 0 fully saturated rings. The standard InChI is InChI=1S/C22H23F2N3O2S/c1-3-4-11-27-21(29)17-7-5-6-8-19(17)26-22(27)30-13-20(28)25-14(2)16-10-9-15(23)12-18(16)24/h5-10,12,14H,3-4,11,13H2,1-2H3,(H,25,28). The molecule has 1 amide bonds. The molecule has 0 aliphatic carbocycles. The van der Waals surface area contributed by atoms with E-state index in [1.165, 1.54) is 6.07 Å². The smallest absolute Gasteiger partial charge is 0.262 e. The van der Waals surface area contributed by atoms with Crippen molar-refractivity contribution in [2.75, 3.05) is 5.75 Å². The second kappa shape index (κ2) is 9.84. The van der Waals surface area contributed by atoms with Crippen LogP contribution in [0.3, 0.4) is 0 Å². The molecule has 1 atom stereocenters. The van der Waals surface area contributed by atoms with Crippen LogP contribution in [0, 0.1) is 11.6 Å². The van der Waals surface area contributed by atoms with Crippen LogP contribution in [0.2, 0.25) is 0 Å². The fourth-order valence-corrected chi connectivity index (χ4v) is 3.95. The first-order chi connectivity index (χ1) is 14.4. The summed E-state index contributed by atoms with van der Waals surface area (Å²) in [5.41, 5.74) is 0.664. The Morgan fingerprint density at radius 1 is 1.23 bits per heavy atom. The second-order valence-corrected chi connectivity index (χ2v) is 7.91. The normalized spacial score (nSPS) is 12.1. The number of amides is 1. The molecule has 158 valence electrons. The van der Waals surface area contributed by atoms with E-state index in [0.717, 1.165) is 36.7 Å². The van der Waals surface area contributed by atoms with E-state index in [1.54, 1.807) is 29.7 Å². The number of hydrogen-bond donors (Lipinski definition) is 1. The summed E-state index contributed by atoms with van der Waals surface area (Å²) >= 11 is 1.16. The number of aromatic nitrogens is 2. The van der Waals surface area contributed by atoms with Crippen molar-refractivity contribution in [2.24, 2.45) is 0 Å². The van der Waals surface area contributed by atoms with Crippen molar-refractivity contribution in [3.63, 3.8) is 0 Å². The van der Waals surface area contributed by atoms with Crippen molar-refractivity contribution in [1.29, 1.82) is 0 Å². The van der Waals surface area contributed by atoms with Gasteiger partial charge in [-0.3, -0.25) is 14.2 Å². The molecule has 0 aliphatic heterocycles. The third kappa shape index (κ3) is 5.05. The van der Waals surface area contributed by atoms with Crippen LogP contribution in [0.15, 0.2) is 52.4 Å². The van der Waals surface area contributed by atoms with Gasteiger partial charge in [-0.25, -0.2) is 13.8 Å². The Kier molecular flexibility index (Phi) is 7.20. The van der Waals surface area contributed by atoms with Gasteiger partial charge < -0.3 is 5.32 Å². The second-order valence-electron chi connectivity index (χ2n) is 6.97. The highest BCUT2D eigenvalue weighted by molar-refractivity contribution is 7.99. The lowest BCUT2D eigenvalue weighted by molar-refractivity contribution is -0.119. The fraction of sp³-hybridized carbons (Fsp3) is 0.318. The number of para-hydroxylation sites is 1. The Balaban J connectivity index is 1.75. The third-order valence-electron chi connectivity index (χ3n) is 4.70.